The summed E-state index contributed by atoms with van der Waals surface area (Å²) in [5.41, 5.74) is -0.0645. The van der Waals surface area contributed by atoms with Gasteiger partial charge in [-0.3, -0.25) is 4.79 Å². The van der Waals surface area contributed by atoms with Crippen molar-refractivity contribution in [3.05, 3.63) is 0 Å². The maximum atomic E-state index is 11.9. The summed E-state index contributed by atoms with van der Waals surface area (Å²) >= 11 is 0. The fraction of sp³-hybridized carbons (Fsp3) is 0.917. The molecule has 3 heteroatoms. The molecule has 0 aliphatic carbocycles. The first-order chi connectivity index (χ1) is 7.05. The van der Waals surface area contributed by atoms with Crippen molar-refractivity contribution in [3.8, 4) is 0 Å². The molecule has 0 aromatic carbocycles. The molecular weight excluding hydrogens is 188 g/mol. The smallest absolute Gasteiger partial charge is 0.237 e. The van der Waals surface area contributed by atoms with E-state index in [1.807, 2.05) is 0 Å². The van der Waals surface area contributed by atoms with Crippen LogP contribution in [0.25, 0.3) is 0 Å². The lowest BCUT2D eigenvalue weighted by molar-refractivity contribution is -0.125. The van der Waals surface area contributed by atoms with Gasteiger partial charge in [0.1, 0.15) is 0 Å². The molecular formula is C12H24N2O. The second-order valence-electron chi connectivity index (χ2n) is 5.13. The Morgan fingerprint density at radius 1 is 1.47 bits per heavy atom. The summed E-state index contributed by atoms with van der Waals surface area (Å²) in [6.45, 7) is 7.31. The molecule has 1 saturated heterocycles. The van der Waals surface area contributed by atoms with Crippen molar-refractivity contribution in [1.29, 1.82) is 0 Å². The lowest BCUT2D eigenvalue weighted by Crippen LogP contribution is -2.53. The molecule has 0 unspecified atom stereocenters. The largest absolute Gasteiger partial charge is 0.350 e. The number of carbonyl (C=O) groups excluding carboxylic acids is 1. The summed E-state index contributed by atoms with van der Waals surface area (Å²) < 4.78 is 0. The van der Waals surface area contributed by atoms with E-state index in [2.05, 4.69) is 31.4 Å². The monoisotopic (exact) mass is 212 g/mol. The summed E-state index contributed by atoms with van der Waals surface area (Å²) in [5.74, 6) is 0.174. The van der Waals surface area contributed by atoms with Gasteiger partial charge in [-0.15, -0.1) is 0 Å². The molecule has 1 aliphatic heterocycles. The topological polar surface area (TPSA) is 41.1 Å². The Labute approximate surface area is 93.0 Å². The SMILES string of the molecule is CCCC(C)(C)NC(=O)[C@@H]1CCCCN1. The molecule has 0 radical (unpaired) electrons. The molecule has 0 saturated carbocycles. The number of carbonyl (C=O) groups is 1. The van der Waals surface area contributed by atoms with E-state index in [9.17, 15) is 4.79 Å². The van der Waals surface area contributed by atoms with Crippen LogP contribution < -0.4 is 10.6 Å². The minimum Gasteiger partial charge on any atom is -0.350 e. The molecule has 1 aliphatic rings. The minimum atomic E-state index is -0.0645. The second-order valence-corrected chi connectivity index (χ2v) is 5.13. The summed E-state index contributed by atoms with van der Waals surface area (Å²) in [6.07, 6.45) is 5.48. The highest BCUT2D eigenvalue weighted by atomic mass is 16.2. The number of hydrogen-bond donors (Lipinski definition) is 2. The standard InChI is InChI=1S/C12H24N2O/c1-4-8-12(2,3)14-11(15)10-7-5-6-9-13-10/h10,13H,4-9H2,1-3H3,(H,14,15)/t10-/m0/s1. The van der Waals surface area contributed by atoms with Crippen molar-refractivity contribution in [1.82, 2.24) is 10.6 Å². The van der Waals surface area contributed by atoms with E-state index < -0.39 is 0 Å². The third-order valence-electron chi connectivity index (χ3n) is 2.96. The Hall–Kier alpha value is -0.570. The number of nitrogens with one attached hydrogen (secondary N) is 2. The first-order valence-corrected chi connectivity index (χ1v) is 6.10. The van der Waals surface area contributed by atoms with E-state index in [4.69, 9.17) is 0 Å². The molecule has 1 rings (SSSR count). The third kappa shape index (κ3) is 4.20. The molecule has 1 fully saturated rings. The van der Waals surface area contributed by atoms with Gasteiger partial charge in [0.15, 0.2) is 0 Å². The van der Waals surface area contributed by atoms with Crippen LogP contribution in [0.3, 0.4) is 0 Å². The summed E-state index contributed by atoms with van der Waals surface area (Å²) in [6, 6.07) is 0.0369. The average molecular weight is 212 g/mol. The summed E-state index contributed by atoms with van der Waals surface area (Å²) in [4.78, 5) is 11.9. The maximum absolute atomic E-state index is 11.9. The van der Waals surface area contributed by atoms with E-state index in [-0.39, 0.29) is 17.5 Å². The van der Waals surface area contributed by atoms with Crippen molar-refractivity contribution in [2.45, 2.75) is 64.5 Å². The fourth-order valence-corrected chi connectivity index (χ4v) is 2.18. The highest BCUT2D eigenvalue weighted by Gasteiger charge is 2.25. The minimum absolute atomic E-state index is 0.0369. The highest BCUT2D eigenvalue weighted by Crippen LogP contribution is 2.13. The first-order valence-electron chi connectivity index (χ1n) is 6.10. The normalized spacial score (nSPS) is 22.5. The molecule has 0 spiro atoms. The van der Waals surface area contributed by atoms with E-state index in [0.29, 0.717) is 0 Å². The van der Waals surface area contributed by atoms with Gasteiger partial charge < -0.3 is 10.6 Å². The molecule has 15 heavy (non-hydrogen) atoms. The summed E-state index contributed by atoms with van der Waals surface area (Å²) in [7, 11) is 0. The van der Waals surface area contributed by atoms with Crippen molar-refractivity contribution in [2.24, 2.45) is 0 Å². The summed E-state index contributed by atoms with van der Waals surface area (Å²) in [5, 5.41) is 6.40. The van der Waals surface area contributed by atoms with Gasteiger partial charge in [-0.25, -0.2) is 0 Å². The molecule has 3 nitrogen and oxygen atoms in total. The zero-order chi connectivity index (χ0) is 11.3. The second kappa shape index (κ2) is 5.50. The predicted molar refractivity (Wildman–Crippen MR) is 62.8 cm³/mol. The maximum Gasteiger partial charge on any atom is 0.237 e. The Kier molecular flexibility index (Phi) is 4.58. The van der Waals surface area contributed by atoms with Crippen molar-refractivity contribution in [2.75, 3.05) is 6.54 Å². The van der Waals surface area contributed by atoms with Crippen molar-refractivity contribution < 1.29 is 4.79 Å². The van der Waals surface area contributed by atoms with Gasteiger partial charge in [-0.05, 0) is 39.7 Å². The van der Waals surface area contributed by atoms with Gasteiger partial charge in [0.2, 0.25) is 5.91 Å². The van der Waals surface area contributed by atoms with Crippen molar-refractivity contribution >= 4 is 5.91 Å². The van der Waals surface area contributed by atoms with E-state index in [1.54, 1.807) is 0 Å². The van der Waals surface area contributed by atoms with Gasteiger partial charge in [0.05, 0.1) is 6.04 Å². The van der Waals surface area contributed by atoms with Gasteiger partial charge in [0.25, 0.3) is 0 Å². The zero-order valence-corrected chi connectivity index (χ0v) is 10.2. The van der Waals surface area contributed by atoms with Crippen LogP contribution in [0.15, 0.2) is 0 Å². The van der Waals surface area contributed by atoms with Gasteiger partial charge in [-0.2, -0.15) is 0 Å². The van der Waals surface area contributed by atoms with Crippen molar-refractivity contribution in [3.63, 3.8) is 0 Å². The highest BCUT2D eigenvalue weighted by molar-refractivity contribution is 5.82. The van der Waals surface area contributed by atoms with Crippen LogP contribution in [0.4, 0.5) is 0 Å². The molecule has 1 heterocycles. The average Bonchev–Trinajstić information content (AvgIpc) is 2.18. The van der Waals surface area contributed by atoms with Crippen LogP contribution in [0.5, 0.6) is 0 Å². The molecule has 2 N–H and O–H groups in total. The Balaban J connectivity index is 2.39. The van der Waals surface area contributed by atoms with E-state index in [0.717, 1.165) is 25.8 Å². The molecule has 0 aromatic heterocycles. The zero-order valence-electron chi connectivity index (χ0n) is 10.2. The number of rotatable bonds is 4. The van der Waals surface area contributed by atoms with Gasteiger partial charge >= 0.3 is 0 Å². The quantitative estimate of drug-likeness (QED) is 0.746. The van der Waals surface area contributed by atoms with Gasteiger partial charge in [0, 0.05) is 5.54 Å². The molecule has 0 aromatic rings. The van der Waals surface area contributed by atoms with Crippen LogP contribution in [-0.2, 0) is 4.79 Å². The third-order valence-corrected chi connectivity index (χ3v) is 2.96. The molecule has 0 bridgehead atoms. The first kappa shape index (κ1) is 12.5. The molecule has 1 amide bonds. The predicted octanol–water partition coefficient (Wildman–Crippen LogP) is 1.82. The molecule has 88 valence electrons. The lowest BCUT2D eigenvalue weighted by atomic mass is 9.97. The number of piperidine rings is 1. The van der Waals surface area contributed by atoms with Crippen LogP contribution in [0, 0.1) is 0 Å². The molecule has 1 atom stereocenters. The Bertz CT molecular complexity index is 208. The van der Waals surface area contributed by atoms with Crippen LogP contribution >= 0.6 is 0 Å². The lowest BCUT2D eigenvalue weighted by Gasteiger charge is -2.30. The Morgan fingerprint density at radius 3 is 2.73 bits per heavy atom. The van der Waals surface area contributed by atoms with Crippen LogP contribution in [-0.4, -0.2) is 24.0 Å². The van der Waals surface area contributed by atoms with Crippen LogP contribution in [0.1, 0.15) is 52.9 Å². The number of hydrogen-bond acceptors (Lipinski definition) is 2. The van der Waals surface area contributed by atoms with E-state index >= 15 is 0 Å². The van der Waals surface area contributed by atoms with Crippen LogP contribution in [0.2, 0.25) is 0 Å². The van der Waals surface area contributed by atoms with E-state index in [1.165, 1.54) is 12.8 Å². The Morgan fingerprint density at radius 2 is 2.20 bits per heavy atom. The van der Waals surface area contributed by atoms with Gasteiger partial charge in [-0.1, -0.05) is 19.8 Å². The fourth-order valence-electron chi connectivity index (χ4n) is 2.18. The number of amides is 1.